The summed E-state index contributed by atoms with van der Waals surface area (Å²) in [4.78, 5) is 23.4. The maximum atomic E-state index is 12.4. The van der Waals surface area contributed by atoms with Crippen molar-refractivity contribution in [1.82, 2.24) is 5.32 Å². The number of fused-ring (bicyclic) bond motifs is 3. The van der Waals surface area contributed by atoms with E-state index in [0.29, 0.717) is 6.61 Å². The van der Waals surface area contributed by atoms with Gasteiger partial charge in [0.2, 0.25) is 0 Å². The highest BCUT2D eigenvalue weighted by Crippen LogP contribution is 2.44. The standard InChI is InChI=1S/C24H29NO5/c1-24(2,3)30-23(28)21(12-13-22(26)27)25-15-29-14-20-18-10-6-4-8-16(18)17-9-5-7-11-19(17)20/h4-11,20-21,25H,12-15H2,1-3H3,(H,26,27). The molecule has 0 heterocycles. The lowest BCUT2D eigenvalue weighted by molar-refractivity contribution is -0.158. The highest BCUT2D eigenvalue weighted by Gasteiger charge is 2.29. The van der Waals surface area contributed by atoms with Crippen LogP contribution in [-0.4, -0.2) is 42.0 Å². The number of ether oxygens (including phenoxy) is 2. The van der Waals surface area contributed by atoms with E-state index in [0.717, 1.165) is 0 Å². The molecular weight excluding hydrogens is 382 g/mol. The van der Waals surface area contributed by atoms with Gasteiger partial charge >= 0.3 is 11.9 Å². The van der Waals surface area contributed by atoms with Crippen LogP contribution in [0.3, 0.4) is 0 Å². The minimum atomic E-state index is -0.953. The number of carbonyl (C=O) groups excluding carboxylic acids is 1. The summed E-state index contributed by atoms with van der Waals surface area (Å²) in [5.41, 5.74) is 4.27. The molecule has 1 atom stereocenters. The Morgan fingerprint density at radius 3 is 2.13 bits per heavy atom. The van der Waals surface area contributed by atoms with Gasteiger partial charge < -0.3 is 14.6 Å². The molecule has 160 valence electrons. The van der Waals surface area contributed by atoms with Gasteiger partial charge in [-0.2, -0.15) is 0 Å². The van der Waals surface area contributed by atoms with Crippen molar-refractivity contribution >= 4 is 11.9 Å². The van der Waals surface area contributed by atoms with Crippen LogP contribution in [0.2, 0.25) is 0 Å². The van der Waals surface area contributed by atoms with Crippen molar-refractivity contribution in [3.63, 3.8) is 0 Å². The van der Waals surface area contributed by atoms with E-state index in [9.17, 15) is 9.59 Å². The van der Waals surface area contributed by atoms with Gasteiger partial charge in [0.25, 0.3) is 0 Å². The normalized spacial score (nSPS) is 14.1. The van der Waals surface area contributed by atoms with Gasteiger partial charge in [-0.1, -0.05) is 48.5 Å². The van der Waals surface area contributed by atoms with Crippen LogP contribution < -0.4 is 5.32 Å². The van der Waals surface area contributed by atoms with Crippen LogP contribution in [0.5, 0.6) is 0 Å². The first-order valence-electron chi connectivity index (χ1n) is 10.2. The zero-order chi connectivity index (χ0) is 21.7. The van der Waals surface area contributed by atoms with E-state index in [1.165, 1.54) is 22.3 Å². The molecule has 2 aromatic rings. The minimum absolute atomic E-state index is 0.123. The Balaban J connectivity index is 1.60. The number of carboxylic acids is 1. The van der Waals surface area contributed by atoms with E-state index < -0.39 is 23.6 Å². The van der Waals surface area contributed by atoms with Crippen molar-refractivity contribution in [2.75, 3.05) is 13.3 Å². The summed E-state index contributed by atoms with van der Waals surface area (Å²) >= 11 is 0. The van der Waals surface area contributed by atoms with E-state index in [1.54, 1.807) is 20.8 Å². The highest BCUT2D eigenvalue weighted by atomic mass is 16.6. The lowest BCUT2D eigenvalue weighted by atomic mass is 9.98. The predicted octanol–water partition coefficient (Wildman–Crippen LogP) is 3.94. The first-order chi connectivity index (χ1) is 14.3. The zero-order valence-corrected chi connectivity index (χ0v) is 17.7. The average Bonchev–Trinajstić information content (AvgIpc) is 3.00. The summed E-state index contributed by atoms with van der Waals surface area (Å²) in [6, 6.07) is 15.9. The second kappa shape index (κ2) is 9.41. The Hall–Kier alpha value is -2.70. The van der Waals surface area contributed by atoms with Crippen molar-refractivity contribution in [2.45, 2.75) is 51.2 Å². The topological polar surface area (TPSA) is 84.9 Å². The van der Waals surface area contributed by atoms with Crippen LogP contribution >= 0.6 is 0 Å². The summed E-state index contributed by atoms with van der Waals surface area (Å²) in [5, 5.41) is 12.0. The number of hydrogen-bond acceptors (Lipinski definition) is 5. The number of carbonyl (C=O) groups is 2. The molecule has 30 heavy (non-hydrogen) atoms. The zero-order valence-electron chi connectivity index (χ0n) is 17.7. The average molecular weight is 411 g/mol. The molecule has 1 aliphatic carbocycles. The van der Waals surface area contributed by atoms with Crippen molar-refractivity contribution in [1.29, 1.82) is 0 Å². The van der Waals surface area contributed by atoms with Gasteiger partial charge in [0, 0.05) is 12.3 Å². The largest absolute Gasteiger partial charge is 0.481 e. The van der Waals surface area contributed by atoms with Crippen molar-refractivity contribution in [2.24, 2.45) is 0 Å². The minimum Gasteiger partial charge on any atom is -0.481 e. The second-order valence-electron chi connectivity index (χ2n) is 8.46. The fourth-order valence-electron chi connectivity index (χ4n) is 3.72. The lowest BCUT2D eigenvalue weighted by Gasteiger charge is -2.24. The van der Waals surface area contributed by atoms with Gasteiger partial charge in [-0.05, 0) is 49.4 Å². The quantitative estimate of drug-likeness (QED) is 0.369. The summed E-state index contributed by atoms with van der Waals surface area (Å²) in [7, 11) is 0. The van der Waals surface area contributed by atoms with Gasteiger partial charge in [-0.15, -0.1) is 0 Å². The number of rotatable bonds is 9. The molecule has 3 rings (SSSR count). The molecule has 6 nitrogen and oxygen atoms in total. The molecule has 0 aromatic heterocycles. The van der Waals surface area contributed by atoms with Crippen LogP contribution in [0.1, 0.15) is 50.7 Å². The van der Waals surface area contributed by atoms with E-state index in [1.807, 2.05) is 24.3 Å². The summed E-state index contributed by atoms with van der Waals surface area (Å²) in [5.74, 6) is -1.30. The number of esters is 1. The van der Waals surface area contributed by atoms with E-state index in [2.05, 4.69) is 29.6 Å². The van der Waals surface area contributed by atoms with Crippen molar-refractivity contribution in [3.05, 3.63) is 59.7 Å². The van der Waals surface area contributed by atoms with Gasteiger partial charge in [-0.3, -0.25) is 14.9 Å². The monoisotopic (exact) mass is 411 g/mol. The third-order valence-electron chi connectivity index (χ3n) is 5.02. The molecular formula is C24H29NO5. The Labute approximate surface area is 177 Å². The van der Waals surface area contributed by atoms with Gasteiger partial charge in [0.05, 0.1) is 13.3 Å². The van der Waals surface area contributed by atoms with E-state index >= 15 is 0 Å². The summed E-state index contributed by atoms with van der Waals surface area (Å²) < 4.78 is 11.3. The molecule has 0 bridgehead atoms. The fraction of sp³-hybridized carbons (Fsp3) is 0.417. The molecule has 0 saturated heterocycles. The van der Waals surface area contributed by atoms with Gasteiger partial charge in [-0.25, -0.2) is 0 Å². The number of aliphatic carboxylic acids is 1. The maximum absolute atomic E-state index is 12.4. The van der Waals surface area contributed by atoms with Crippen LogP contribution in [-0.2, 0) is 19.1 Å². The molecule has 1 aliphatic rings. The Morgan fingerprint density at radius 2 is 1.60 bits per heavy atom. The molecule has 0 saturated carbocycles. The van der Waals surface area contributed by atoms with E-state index in [-0.39, 0.29) is 25.5 Å². The van der Waals surface area contributed by atoms with Crippen molar-refractivity contribution < 1.29 is 24.2 Å². The van der Waals surface area contributed by atoms with Crippen LogP contribution in [0.4, 0.5) is 0 Å². The summed E-state index contributed by atoms with van der Waals surface area (Å²) in [6.45, 7) is 5.94. The molecule has 6 heteroatoms. The Kier molecular flexibility index (Phi) is 6.90. The predicted molar refractivity (Wildman–Crippen MR) is 114 cm³/mol. The molecule has 1 unspecified atom stereocenters. The first-order valence-corrected chi connectivity index (χ1v) is 10.2. The fourth-order valence-corrected chi connectivity index (χ4v) is 3.72. The number of nitrogens with one attached hydrogen (secondary N) is 1. The van der Waals surface area contributed by atoms with Gasteiger partial charge in [0.15, 0.2) is 0 Å². The SMILES string of the molecule is CC(C)(C)OC(=O)C(CCC(=O)O)NCOCC1c2ccccc2-c2ccccc21. The van der Waals surface area contributed by atoms with Crippen LogP contribution in [0.25, 0.3) is 11.1 Å². The molecule has 2 aromatic carbocycles. The third kappa shape index (κ3) is 5.46. The molecule has 2 N–H and O–H groups in total. The van der Waals surface area contributed by atoms with Crippen molar-refractivity contribution in [3.8, 4) is 11.1 Å². The number of carboxylic acid groups (broad SMARTS) is 1. The van der Waals surface area contributed by atoms with Crippen LogP contribution in [0.15, 0.2) is 48.5 Å². The first kappa shape index (κ1) is 22.0. The van der Waals surface area contributed by atoms with E-state index in [4.69, 9.17) is 14.6 Å². The summed E-state index contributed by atoms with van der Waals surface area (Å²) in [6.07, 6.45) is 0.0169. The second-order valence-corrected chi connectivity index (χ2v) is 8.46. The molecule has 0 radical (unpaired) electrons. The maximum Gasteiger partial charge on any atom is 0.323 e. The number of benzene rings is 2. The number of hydrogen-bond donors (Lipinski definition) is 2. The highest BCUT2D eigenvalue weighted by molar-refractivity contribution is 5.79. The third-order valence-corrected chi connectivity index (χ3v) is 5.02. The van der Waals surface area contributed by atoms with Crippen LogP contribution in [0, 0.1) is 0 Å². The Bertz CT molecular complexity index is 857. The Morgan fingerprint density at radius 1 is 1.03 bits per heavy atom. The molecule has 0 spiro atoms. The van der Waals surface area contributed by atoms with Gasteiger partial charge in [0.1, 0.15) is 11.6 Å². The lowest BCUT2D eigenvalue weighted by Crippen LogP contribution is -2.42. The molecule has 0 fully saturated rings. The smallest absolute Gasteiger partial charge is 0.323 e. The molecule has 0 aliphatic heterocycles. The molecule has 0 amide bonds.